The zero-order chi connectivity index (χ0) is 11.1. The van der Waals surface area contributed by atoms with Gasteiger partial charge in [-0.25, -0.2) is 0 Å². The van der Waals surface area contributed by atoms with Crippen LogP contribution in [0.25, 0.3) is 0 Å². The van der Waals surface area contributed by atoms with Crippen molar-refractivity contribution in [3.8, 4) is 18.2 Å². The zero-order valence-electron chi connectivity index (χ0n) is 8.06. The molecule has 0 amide bonds. The summed E-state index contributed by atoms with van der Waals surface area (Å²) >= 11 is 0. The second-order valence-electron chi connectivity index (χ2n) is 2.94. The van der Waals surface area contributed by atoms with Crippen molar-refractivity contribution in [3.63, 3.8) is 0 Å². The molecule has 1 aromatic rings. The van der Waals surface area contributed by atoms with E-state index in [2.05, 4.69) is 4.98 Å². The van der Waals surface area contributed by atoms with Crippen molar-refractivity contribution in [2.45, 2.75) is 19.3 Å². The van der Waals surface area contributed by atoms with E-state index in [4.69, 9.17) is 15.8 Å². The highest BCUT2D eigenvalue weighted by molar-refractivity contribution is 5.37. The molecule has 0 atom stereocenters. The molecule has 0 aliphatic carbocycles. The highest BCUT2D eigenvalue weighted by Gasteiger charge is 2.08. The van der Waals surface area contributed by atoms with Crippen LogP contribution < -0.4 is 0 Å². The molecule has 0 N–H and O–H groups in total. The summed E-state index contributed by atoms with van der Waals surface area (Å²) in [5.41, 5.74) is 2.26. The third-order valence-electron chi connectivity index (χ3n) is 2.03. The van der Waals surface area contributed by atoms with Gasteiger partial charge in [-0.15, -0.1) is 0 Å². The molecule has 0 saturated heterocycles. The van der Waals surface area contributed by atoms with E-state index in [1.54, 1.807) is 12.4 Å². The first-order valence-electron chi connectivity index (χ1n) is 4.39. The molecular formula is C11H8N4. The summed E-state index contributed by atoms with van der Waals surface area (Å²) in [5.74, 6) is 0. The van der Waals surface area contributed by atoms with E-state index in [1.807, 2.05) is 18.2 Å². The average molecular weight is 196 g/mol. The van der Waals surface area contributed by atoms with Crippen molar-refractivity contribution in [1.82, 2.24) is 4.98 Å². The molecular weight excluding hydrogens is 188 g/mol. The zero-order valence-corrected chi connectivity index (χ0v) is 8.06. The van der Waals surface area contributed by atoms with Crippen LogP contribution in [0.4, 0.5) is 0 Å². The van der Waals surface area contributed by atoms with Crippen molar-refractivity contribution < 1.29 is 0 Å². The minimum atomic E-state index is 0.219. The van der Waals surface area contributed by atoms with Crippen LogP contribution in [0.3, 0.4) is 0 Å². The highest BCUT2D eigenvalue weighted by atomic mass is 14.6. The Morgan fingerprint density at radius 2 is 1.33 bits per heavy atom. The quantitative estimate of drug-likeness (QED) is 0.728. The van der Waals surface area contributed by atoms with Crippen LogP contribution in [0, 0.1) is 34.0 Å². The molecule has 72 valence electrons. The maximum absolute atomic E-state index is 8.67. The summed E-state index contributed by atoms with van der Waals surface area (Å²) in [7, 11) is 0. The van der Waals surface area contributed by atoms with E-state index in [0.29, 0.717) is 0 Å². The van der Waals surface area contributed by atoms with Crippen LogP contribution in [0.1, 0.15) is 16.7 Å². The first kappa shape index (κ1) is 10.7. The number of pyridine rings is 1. The molecule has 0 aliphatic heterocycles. The number of aromatic nitrogens is 1. The molecule has 0 saturated carbocycles. The molecule has 1 heterocycles. The van der Waals surface area contributed by atoms with Gasteiger partial charge in [-0.05, 0) is 16.7 Å². The Morgan fingerprint density at radius 1 is 0.867 bits per heavy atom. The SMILES string of the molecule is N#CCc1cncc(CC#N)c1CC#N. The third-order valence-corrected chi connectivity index (χ3v) is 2.03. The summed E-state index contributed by atoms with van der Waals surface area (Å²) in [6, 6.07) is 6.07. The predicted molar refractivity (Wildman–Crippen MR) is 52.2 cm³/mol. The third kappa shape index (κ3) is 2.53. The average Bonchev–Trinajstić information content (AvgIpc) is 2.23. The molecule has 0 fully saturated rings. The van der Waals surface area contributed by atoms with Gasteiger partial charge >= 0.3 is 0 Å². The summed E-state index contributed by atoms with van der Waals surface area (Å²) in [6.45, 7) is 0. The number of hydrogen-bond donors (Lipinski definition) is 0. The van der Waals surface area contributed by atoms with E-state index >= 15 is 0 Å². The predicted octanol–water partition coefficient (Wildman–Crippen LogP) is 1.28. The van der Waals surface area contributed by atoms with Gasteiger partial charge in [0.05, 0.1) is 37.5 Å². The molecule has 0 aliphatic rings. The minimum absolute atomic E-state index is 0.219. The van der Waals surface area contributed by atoms with E-state index < -0.39 is 0 Å². The van der Waals surface area contributed by atoms with Gasteiger partial charge < -0.3 is 0 Å². The van der Waals surface area contributed by atoms with E-state index in [9.17, 15) is 0 Å². The van der Waals surface area contributed by atoms with Gasteiger partial charge in [-0.2, -0.15) is 15.8 Å². The van der Waals surface area contributed by atoms with Crippen LogP contribution in [-0.4, -0.2) is 4.98 Å². The lowest BCUT2D eigenvalue weighted by molar-refractivity contribution is 1.05. The Balaban J connectivity index is 3.18. The lowest BCUT2D eigenvalue weighted by Gasteiger charge is -2.06. The molecule has 1 aromatic heterocycles. The van der Waals surface area contributed by atoms with E-state index in [-0.39, 0.29) is 19.3 Å². The fourth-order valence-electron chi connectivity index (χ4n) is 1.36. The number of nitriles is 3. The first-order valence-corrected chi connectivity index (χ1v) is 4.39. The number of hydrogen-bond acceptors (Lipinski definition) is 4. The van der Waals surface area contributed by atoms with Crippen molar-refractivity contribution in [2.24, 2.45) is 0 Å². The topological polar surface area (TPSA) is 84.3 Å². The second kappa shape index (κ2) is 5.37. The van der Waals surface area contributed by atoms with Gasteiger partial charge in [0.15, 0.2) is 0 Å². The largest absolute Gasteiger partial charge is 0.264 e. The van der Waals surface area contributed by atoms with Gasteiger partial charge in [0.2, 0.25) is 0 Å². The van der Waals surface area contributed by atoms with Crippen LogP contribution >= 0.6 is 0 Å². The summed E-state index contributed by atoms with van der Waals surface area (Å²) in [6.07, 6.45) is 3.83. The minimum Gasteiger partial charge on any atom is -0.264 e. The number of rotatable bonds is 3. The normalized spacial score (nSPS) is 8.60. The summed E-state index contributed by atoms with van der Waals surface area (Å²) in [4.78, 5) is 3.95. The smallest absolute Gasteiger partial charge is 0.0670 e. The van der Waals surface area contributed by atoms with Gasteiger partial charge in [-0.1, -0.05) is 0 Å². The van der Waals surface area contributed by atoms with Gasteiger partial charge in [0.1, 0.15) is 0 Å². The molecule has 15 heavy (non-hydrogen) atoms. The first-order chi connectivity index (χ1) is 7.33. The van der Waals surface area contributed by atoms with Gasteiger partial charge in [0.25, 0.3) is 0 Å². The Kier molecular flexibility index (Phi) is 3.83. The molecule has 0 radical (unpaired) electrons. The molecule has 1 rings (SSSR count). The van der Waals surface area contributed by atoms with Gasteiger partial charge in [-0.3, -0.25) is 4.98 Å². The highest BCUT2D eigenvalue weighted by Crippen LogP contribution is 2.15. The molecule has 4 nitrogen and oxygen atoms in total. The second-order valence-corrected chi connectivity index (χ2v) is 2.94. The standard InChI is InChI=1S/C11H8N4/c12-4-1-9-7-15-8-10(2-5-13)11(9)3-6-14/h7-8H,1-3H2. The molecule has 0 unspecified atom stereocenters. The van der Waals surface area contributed by atoms with Crippen LogP contribution in [0.15, 0.2) is 12.4 Å². The van der Waals surface area contributed by atoms with Crippen molar-refractivity contribution >= 4 is 0 Å². The van der Waals surface area contributed by atoms with Crippen molar-refractivity contribution in [3.05, 3.63) is 29.1 Å². The fourth-order valence-corrected chi connectivity index (χ4v) is 1.36. The monoisotopic (exact) mass is 196 g/mol. The maximum Gasteiger partial charge on any atom is 0.0670 e. The molecule has 0 bridgehead atoms. The van der Waals surface area contributed by atoms with Gasteiger partial charge in [0, 0.05) is 12.4 Å². The van der Waals surface area contributed by atoms with Crippen molar-refractivity contribution in [2.75, 3.05) is 0 Å². The van der Waals surface area contributed by atoms with Crippen LogP contribution in [0.2, 0.25) is 0 Å². The Hall–Kier alpha value is -2.38. The van der Waals surface area contributed by atoms with Crippen molar-refractivity contribution in [1.29, 1.82) is 15.8 Å². The van der Waals surface area contributed by atoms with E-state index in [1.165, 1.54) is 0 Å². The molecule has 4 heteroatoms. The fraction of sp³-hybridized carbons (Fsp3) is 0.273. The maximum atomic E-state index is 8.67. The van der Waals surface area contributed by atoms with E-state index in [0.717, 1.165) is 16.7 Å². The number of nitrogens with zero attached hydrogens (tertiary/aromatic N) is 4. The molecule has 0 spiro atoms. The summed E-state index contributed by atoms with van der Waals surface area (Å²) < 4.78 is 0. The lowest BCUT2D eigenvalue weighted by atomic mass is 9.98. The molecule has 0 aromatic carbocycles. The van der Waals surface area contributed by atoms with Crippen LogP contribution in [-0.2, 0) is 19.3 Å². The Bertz CT molecular complexity index is 437. The lowest BCUT2D eigenvalue weighted by Crippen LogP contribution is -2.00. The Labute approximate surface area is 88.0 Å². The Morgan fingerprint density at radius 3 is 1.73 bits per heavy atom. The van der Waals surface area contributed by atoms with Crippen LogP contribution in [0.5, 0.6) is 0 Å². The summed E-state index contributed by atoms with van der Waals surface area (Å²) in [5, 5.41) is 25.9.